The van der Waals surface area contributed by atoms with Gasteiger partial charge in [-0.15, -0.1) is 0 Å². The molecular formula is C25H37NO6S. The maximum absolute atomic E-state index is 13.7. The Hall–Kier alpha value is -1.74. The van der Waals surface area contributed by atoms with Crippen LogP contribution in [0.1, 0.15) is 82.9 Å². The van der Waals surface area contributed by atoms with E-state index in [1.165, 1.54) is 0 Å². The number of esters is 1. The molecule has 0 aliphatic carbocycles. The van der Waals surface area contributed by atoms with Crippen LogP contribution in [0.25, 0.3) is 0 Å². The second-order valence-electron chi connectivity index (χ2n) is 10.0. The van der Waals surface area contributed by atoms with E-state index in [9.17, 15) is 13.2 Å². The lowest BCUT2D eigenvalue weighted by Gasteiger charge is -2.25. The molecule has 3 rings (SSSR count). The van der Waals surface area contributed by atoms with E-state index >= 15 is 0 Å². The van der Waals surface area contributed by atoms with Gasteiger partial charge in [0, 0.05) is 5.57 Å². The van der Waals surface area contributed by atoms with E-state index in [2.05, 4.69) is 25.1 Å². The van der Waals surface area contributed by atoms with Gasteiger partial charge in [-0.3, -0.25) is 0 Å². The molecule has 1 aromatic carbocycles. The first-order valence-electron chi connectivity index (χ1n) is 11.6. The van der Waals surface area contributed by atoms with Gasteiger partial charge in [-0.1, -0.05) is 60.3 Å². The Morgan fingerprint density at radius 2 is 1.55 bits per heavy atom. The van der Waals surface area contributed by atoms with Crippen molar-refractivity contribution in [1.82, 2.24) is 4.72 Å². The van der Waals surface area contributed by atoms with Crippen LogP contribution >= 0.6 is 0 Å². The molecule has 0 spiro atoms. The van der Waals surface area contributed by atoms with Gasteiger partial charge in [0.05, 0.1) is 24.2 Å². The van der Waals surface area contributed by atoms with E-state index in [4.69, 9.17) is 14.2 Å². The number of benzene rings is 1. The van der Waals surface area contributed by atoms with Crippen molar-refractivity contribution in [3.63, 3.8) is 0 Å². The number of hydrogen-bond donors (Lipinski definition) is 1. The lowest BCUT2D eigenvalue weighted by atomic mass is 9.89. The summed E-state index contributed by atoms with van der Waals surface area (Å²) in [5.74, 6) is -0.146. The summed E-state index contributed by atoms with van der Waals surface area (Å²) in [6.45, 7) is 17.7. The fourth-order valence-corrected chi connectivity index (χ4v) is 6.29. The Labute approximate surface area is 197 Å². The molecule has 0 aromatic heterocycles. The van der Waals surface area contributed by atoms with Crippen molar-refractivity contribution in [2.75, 3.05) is 13.2 Å². The minimum absolute atomic E-state index is 0.0361. The molecule has 1 aromatic rings. The molecule has 2 fully saturated rings. The molecule has 0 radical (unpaired) electrons. The SMILES string of the molecule is C=C(C)C(=O)O[C@@H]1CO[C@H]2[C@@H]1OC[C@H]2NS(=O)(=O)c1c(C(C)C)cc(C(C)C)cc1C(C)C. The molecule has 7 nitrogen and oxygen atoms in total. The average molecular weight is 480 g/mol. The average Bonchev–Trinajstić information content (AvgIpc) is 3.29. The number of carbonyl (C=O) groups excluding carboxylic acids is 1. The summed E-state index contributed by atoms with van der Waals surface area (Å²) in [7, 11) is -3.86. The fraction of sp³-hybridized carbons (Fsp3) is 0.640. The lowest BCUT2D eigenvalue weighted by molar-refractivity contribution is -0.148. The summed E-state index contributed by atoms with van der Waals surface area (Å²) in [6, 6.07) is 3.46. The molecule has 1 N–H and O–H groups in total. The minimum atomic E-state index is -3.86. The molecule has 2 aliphatic rings. The summed E-state index contributed by atoms with van der Waals surface area (Å²) in [6.07, 6.45) is -1.63. The number of carbonyl (C=O) groups is 1. The fourth-order valence-electron chi connectivity index (χ4n) is 4.36. The van der Waals surface area contributed by atoms with E-state index in [1.807, 2.05) is 39.8 Å². The van der Waals surface area contributed by atoms with Crippen LogP contribution in [0.4, 0.5) is 0 Å². The van der Waals surface area contributed by atoms with Crippen LogP contribution in [0, 0.1) is 0 Å². The van der Waals surface area contributed by atoms with E-state index in [-0.39, 0.29) is 25.0 Å². The third-order valence-electron chi connectivity index (χ3n) is 6.27. The van der Waals surface area contributed by atoms with Gasteiger partial charge in [0.1, 0.15) is 12.2 Å². The highest BCUT2D eigenvalue weighted by atomic mass is 32.2. The van der Waals surface area contributed by atoms with Crippen molar-refractivity contribution in [3.8, 4) is 0 Å². The number of rotatable bonds is 8. The highest BCUT2D eigenvalue weighted by Crippen LogP contribution is 2.36. The third-order valence-corrected chi connectivity index (χ3v) is 7.89. The summed E-state index contributed by atoms with van der Waals surface area (Å²) in [5, 5.41) is 0. The zero-order chi connectivity index (χ0) is 24.7. The Bertz CT molecular complexity index is 985. The van der Waals surface area contributed by atoms with Gasteiger partial charge in [0.15, 0.2) is 6.10 Å². The van der Waals surface area contributed by atoms with Gasteiger partial charge in [-0.25, -0.2) is 17.9 Å². The van der Waals surface area contributed by atoms with E-state index < -0.39 is 40.3 Å². The molecule has 2 saturated heterocycles. The molecule has 8 heteroatoms. The predicted octanol–water partition coefficient (Wildman–Crippen LogP) is 3.99. The largest absolute Gasteiger partial charge is 0.454 e. The van der Waals surface area contributed by atoms with Gasteiger partial charge >= 0.3 is 5.97 Å². The van der Waals surface area contributed by atoms with Crippen LogP contribution in [0.15, 0.2) is 29.2 Å². The maximum atomic E-state index is 13.7. The van der Waals surface area contributed by atoms with Crippen molar-refractivity contribution in [2.24, 2.45) is 0 Å². The Morgan fingerprint density at radius 1 is 1.00 bits per heavy atom. The van der Waals surface area contributed by atoms with Gasteiger partial charge < -0.3 is 14.2 Å². The number of ether oxygens (including phenoxy) is 3. The monoisotopic (exact) mass is 479 g/mol. The molecule has 0 amide bonds. The van der Waals surface area contributed by atoms with Crippen molar-refractivity contribution >= 4 is 16.0 Å². The molecule has 184 valence electrons. The van der Waals surface area contributed by atoms with E-state index in [0.29, 0.717) is 16.4 Å². The maximum Gasteiger partial charge on any atom is 0.333 e. The summed E-state index contributed by atoms with van der Waals surface area (Å²) < 4.78 is 47.4. The Balaban J connectivity index is 1.90. The molecule has 4 atom stereocenters. The number of sulfonamides is 1. The highest BCUT2D eigenvalue weighted by molar-refractivity contribution is 7.89. The normalized spacial score (nSPS) is 25.2. The van der Waals surface area contributed by atoms with E-state index in [1.54, 1.807) is 6.92 Å². The molecule has 2 heterocycles. The van der Waals surface area contributed by atoms with Crippen LogP contribution < -0.4 is 4.72 Å². The molecule has 2 aliphatic heterocycles. The smallest absolute Gasteiger partial charge is 0.333 e. The third kappa shape index (κ3) is 5.34. The molecule has 0 saturated carbocycles. The molecule has 0 bridgehead atoms. The topological polar surface area (TPSA) is 90.9 Å². The van der Waals surface area contributed by atoms with E-state index in [0.717, 1.165) is 16.7 Å². The summed E-state index contributed by atoms with van der Waals surface area (Å²) in [4.78, 5) is 12.3. The van der Waals surface area contributed by atoms with Crippen LogP contribution in [0.2, 0.25) is 0 Å². The lowest BCUT2D eigenvalue weighted by Crippen LogP contribution is -2.45. The molecule has 0 unspecified atom stereocenters. The van der Waals surface area contributed by atoms with Gasteiger partial charge in [-0.05, 0) is 41.4 Å². The zero-order valence-electron chi connectivity index (χ0n) is 20.7. The Morgan fingerprint density at radius 3 is 2.03 bits per heavy atom. The Kier molecular flexibility index (Phi) is 7.73. The molecule has 33 heavy (non-hydrogen) atoms. The van der Waals surface area contributed by atoms with Gasteiger partial charge in [0.25, 0.3) is 0 Å². The molecular weight excluding hydrogens is 442 g/mol. The number of hydrogen-bond acceptors (Lipinski definition) is 6. The quantitative estimate of drug-likeness (QED) is 0.448. The van der Waals surface area contributed by atoms with Gasteiger partial charge in [0.2, 0.25) is 10.0 Å². The first-order chi connectivity index (χ1) is 15.3. The van der Waals surface area contributed by atoms with Crippen LogP contribution in [-0.2, 0) is 29.0 Å². The van der Waals surface area contributed by atoms with Crippen molar-refractivity contribution < 1.29 is 27.4 Å². The standard InChI is InChI=1S/C25H37NO6S/c1-13(2)17-9-18(14(3)4)24(19(10-17)15(5)6)33(28,29)26-20-11-30-23-21(12-31-22(20)23)32-25(27)16(7)8/h9-10,13-15,20-23,26H,7,11-12H2,1-6,8H3/t20-,21-,22-,23-/m1/s1. The van der Waals surface area contributed by atoms with Gasteiger partial charge in [-0.2, -0.15) is 0 Å². The van der Waals surface area contributed by atoms with Crippen molar-refractivity contribution in [1.29, 1.82) is 0 Å². The van der Waals surface area contributed by atoms with Crippen molar-refractivity contribution in [3.05, 3.63) is 41.0 Å². The summed E-state index contributed by atoms with van der Waals surface area (Å²) in [5.41, 5.74) is 3.05. The second-order valence-corrected chi connectivity index (χ2v) is 11.7. The van der Waals surface area contributed by atoms with Crippen LogP contribution in [0.3, 0.4) is 0 Å². The highest BCUT2D eigenvalue weighted by Gasteiger charge is 2.50. The second kappa shape index (κ2) is 9.86. The van der Waals surface area contributed by atoms with Crippen LogP contribution in [-0.4, -0.2) is 52.0 Å². The first-order valence-corrected chi connectivity index (χ1v) is 13.1. The van der Waals surface area contributed by atoms with Crippen molar-refractivity contribution in [2.45, 2.75) is 95.5 Å². The predicted molar refractivity (Wildman–Crippen MR) is 127 cm³/mol. The van der Waals surface area contributed by atoms with Crippen LogP contribution in [0.5, 0.6) is 0 Å². The number of fused-ring (bicyclic) bond motifs is 1. The zero-order valence-corrected chi connectivity index (χ0v) is 21.5. The minimum Gasteiger partial charge on any atom is -0.454 e. The first kappa shape index (κ1) is 25.9. The number of nitrogens with one attached hydrogen (secondary N) is 1. The summed E-state index contributed by atoms with van der Waals surface area (Å²) >= 11 is 0.